The highest BCUT2D eigenvalue weighted by atomic mass is 16.3. The normalized spacial score (nSPS) is 15.1. The van der Waals surface area contributed by atoms with E-state index in [9.17, 15) is 5.11 Å². The monoisotopic (exact) mass is 193 g/mol. The van der Waals surface area contributed by atoms with Gasteiger partial charge < -0.3 is 10.8 Å². The molecule has 0 bridgehead atoms. The zero-order chi connectivity index (χ0) is 10.4. The third kappa shape index (κ3) is 2.14. The summed E-state index contributed by atoms with van der Waals surface area (Å²) in [6, 6.07) is 10.1. The summed E-state index contributed by atoms with van der Waals surface area (Å²) >= 11 is 0. The molecule has 0 aliphatic rings. The van der Waals surface area contributed by atoms with Gasteiger partial charge in [-0.05, 0) is 24.9 Å². The molecular formula is C12H19NO. The van der Waals surface area contributed by atoms with Crippen molar-refractivity contribution in [2.75, 3.05) is 13.2 Å². The van der Waals surface area contributed by atoms with Crippen LogP contribution in [0.2, 0.25) is 0 Å². The molecule has 3 N–H and O–H groups in total. The van der Waals surface area contributed by atoms with E-state index in [-0.39, 0.29) is 12.0 Å². The molecule has 2 nitrogen and oxygen atoms in total. The Morgan fingerprint density at radius 1 is 1.29 bits per heavy atom. The van der Waals surface area contributed by atoms with E-state index in [0.717, 1.165) is 12.8 Å². The van der Waals surface area contributed by atoms with Crippen LogP contribution in [0, 0.1) is 0 Å². The topological polar surface area (TPSA) is 46.2 Å². The van der Waals surface area contributed by atoms with Gasteiger partial charge in [-0.15, -0.1) is 0 Å². The summed E-state index contributed by atoms with van der Waals surface area (Å²) in [5.74, 6) is 0. The summed E-state index contributed by atoms with van der Waals surface area (Å²) in [5, 5.41) is 9.51. The van der Waals surface area contributed by atoms with E-state index in [1.165, 1.54) is 5.56 Å². The maximum absolute atomic E-state index is 9.51. The number of aliphatic hydroxyl groups is 1. The van der Waals surface area contributed by atoms with E-state index >= 15 is 0 Å². The lowest BCUT2D eigenvalue weighted by Gasteiger charge is -2.30. The Morgan fingerprint density at radius 2 is 1.93 bits per heavy atom. The molecule has 2 heteroatoms. The fourth-order valence-corrected chi connectivity index (χ4v) is 1.88. The Balaban J connectivity index is 2.98. The van der Waals surface area contributed by atoms with Crippen molar-refractivity contribution in [2.24, 2.45) is 5.73 Å². The van der Waals surface area contributed by atoms with Crippen molar-refractivity contribution in [3.8, 4) is 0 Å². The van der Waals surface area contributed by atoms with Crippen LogP contribution in [0.25, 0.3) is 0 Å². The highest BCUT2D eigenvalue weighted by molar-refractivity contribution is 5.25. The minimum Gasteiger partial charge on any atom is -0.395 e. The van der Waals surface area contributed by atoms with E-state index < -0.39 is 0 Å². The molecule has 0 aliphatic carbocycles. The summed E-state index contributed by atoms with van der Waals surface area (Å²) in [6.45, 7) is 2.88. The van der Waals surface area contributed by atoms with Crippen LogP contribution in [0.3, 0.4) is 0 Å². The van der Waals surface area contributed by atoms with Crippen molar-refractivity contribution in [3.63, 3.8) is 0 Å². The summed E-state index contributed by atoms with van der Waals surface area (Å²) in [6.07, 6.45) is 1.76. The Bertz CT molecular complexity index is 254. The highest BCUT2D eigenvalue weighted by Crippen LogP contribution is 2.30. The summed E-state index contributed by atoms with van der Waals surface area (Å²) in [7, 11) is 0. The van der Waals surface area contributed by atoms with Gasteiger partial charge >= 0.3 is 0 Å². The number of rotatable bonds is 5. The molecule has 0 aliphatic heterocycles. The molecule has 0 aromatic heterocycles. The van der Waals surface area contributed by atoms with Gasteiger partial charge in [0.15, 0.2) is 0 Å². The predicted octanol–water partition coefficient (Wildman–Crippen LogP) is 1.68. The third-order valence-corrected chi connectivity index (χ3v) is 2.99. The predicted molar refractivity (Wildman–Crippen MR) is 59.2 cm³/mol. The van der Waals surface area contributed by atoms with Crippen molar-refractivity contribution in [1.82, 2.24) is 0 Å². The van der Waals surface area contributed by atoms with Crippen LogP contribution >= 0.6 is 0 Å². The zero-order valence-electron chi connectivity index (χ0n) is 8.74. The molecule has 14 heavy (non-hydrogen) atoms. The molecule has 1 atom stereocenters. The fourth-order valence-electron chi connectivity index (χ4n) is 1.88. The van der Waals surface area contributed by atoms with Gasteiger partial charge in [0.05, 0.1) is 6.61 Å². The van der Waals surface area contributed by atoms with Gasteiger partial charge in [0.25, 0.3) is 0 Å². The molecule has 1 aromatic rings. The molecule has 0 spiro atoms. The standard InChI is InChI=1S/C12H19NO/c1-2-12(10-14,8-9-13)11-6-4-3-5-7-11/h3-7,14H,2,8-10,13H2,1H3. The van der Waals surface area contributed by atoms with Crippen LogP contribution in [0.1, 0.15) is 25.3 Å². The minimum absolute atomic E-state index is 0.143. The molecule has 0 heterocycles. The number of nitrogens with two attached hydrogens (primary N) is 1. The van der Waals surface area contributed by atoms with Crippen LogP contribution in [0.4, 0.5) is 0 Å². The first-order valence-corrected chi connectivity index (χ1v) is 5.15. The van der Waals surface area contributed by atoms with Gasteiger partial charge in [-0.1, -0.05) is 37.3 Å². The lowest BCUT2D eigenvalue weighted by Crippen LogP contribution is -2.32. The summed E-state index contributed by atoms with van der Waals surface area (Å²) < 4.78 is 0. The first kappa shape index (κ1) is 11.2. The maximum Gasteiger partial charge on any atom is 0.0528 e. The van der Waals surface area contributed by atoms with Gasteiger partial charge in [0.1, 0.15) is 0 Å². The second-order valence-corrected chi connectivity index (χ2v) is 3.70. The van der Waals surface area contributed by atoms with Crippen LogP contribution in [-0.2, 0) is 5.41 Å². The maximum atomic E-state index is 9.51. The summed E-state index contributed by atoms with van der Waals surface area (Å²) in [5.41, 5.74) is 6.64. The van der Waals surface area contributed by atoms with Crippen molar-refractivity contribution in [2.45, 2.75) is 25.2 Å². The van der Waals surface area contributed by atoms with E-state index in [2.05, 4.69) is 19.1 Å². The second kappa shape index (κ2) is 5.13. The van der Waals surface area contributed by atoms with Gasteiger partial charge in [0.2, 0.25) is 0 Å². The molecule has 1 aromatic carbocycles. The van der Waals surface area contributed by atoms with Crippen LogP contribution in [-0.4, -0.2) is 18.3 Å². The van der Waals surface area contributed by atoms with Crippen LogP contribution in [0.15, 0.2) is 30.3 Å². The summed E-state index contributed by atoms with van der Waals surface area (Å²) in [4.78, 5) is 0. The second-order valence-electron chi connectivity index (χ2n) is 3.70. The van der Waals surface area contributed by atoms with Gasteiger partial charge in [-0.2, -0.15) is 0 Å². The first-order chi connectivity index (χ1) is 6.79. The largest absolute Gasteiger partial charge is 0.395 e. The van der Waals surface area contributed by atoms with Gasteiger partial charge in [0, 0.05) is 5.41 Å². The van der Waals surface area contributed by atoms with Crippen molar-refractivity contribution in [1.29, 1.82) is 0 Å². The molecule has 0 radical (unpaired) electrons. The fraction of sp³-hybridized carbons (Fsp3) is 0.500. The Morgan fingerprint density at radius 3 is 2.36 bits per heavy atom. The minimum atomic E-state index is -0.143. The molecular weight excluding hydrogens is 174 g/mol. The molecule has 0 saturated carbocycles. The van der Waals surface area contributed by atoms with Crippen molar-refractivity contribution in [3.05, 3.63) is 35.9 Å². The van der Waals surface area contributed by atoms with E-state index in [1.807, 2.05) is 18.2 Å². The van der Waals surface area contributed by atoms with Crippen LogP contribution < -0.4 is 5.73 Å². The quantitative estimate of drug-likeness (QED) is 0.747. The number of benzene rings is 1. The smallest absolute Gasteiger partial charge is 0.0528 e. The highest BCUT2D eigenvalue weighted by Gasteiger charge is 2.28. The number of hydrogen-bond acceptors (Lipinski definition) is 2. The Kier molecular flexibility index (Phi) is 4.11. The SMILES string of the molecule is CCC(CO)(CCN)c1ccccc1. The van der Waals surface area contributed by atoms with Gasteiger partial charge in [-0.3, -0.25) is 0 Å². The number of aliphatic hydroxyl groups excluding tert-OH is 1. The molecule has 0 saturated heterocycles. The van der Waals surface area contributed by atoms with E-state index in [4.69, 9.17) is 5.73 Å². The van der Waals surface area contributed by atoms with Crippen molar-refractivity contribution < 1.29 is 5.11 Å². The number of hydrogen-bond donors (Lipinski definition) is 2. The Labute approximate surface area is 85.8 Å². The lowest BCUT2D eigenvalue weighted by atomic mass is 9.76. The van der Waals surface area contributed by atoms with E-state index in [0.29, 0.717) is 6.54 Å². The molecule has 78 valence electrons. The van der Waals surface area contributed by atoms with Gasteiger partial charge in [-0.25, -0.2) is 0 Å². The zero-order valence-corrected chi connectivity index (χ0v) is 8.74. The van der Waals surface area contributed by atoms with E-state index in [1.54, 1.807) is 0 Å². The molecule has 0 fully saturated rings. The van der Waals surface area contributed by atoms with Crippen molar-refractivity contribution >= 4 is 0 Å². The third-order valence-electron chi connectivity index (χ3n) is 2.99. The molecule has 1 rings (SSSR count). The molecule has 0 amide bonds. The Hall–Kier alpha value is -0.860. The molecule has 1 unspecified atom stereocenters. The van der Waals surface area contributed by atoms with Crippen LogP contribution in [0.5, 0.6) is 0 Å². The lowest BCUT2D eigenvalue weighted by molar-refractivity contribution is 0.180. The average Bonchev–Trinajstić information content (AvgIpc) is 2.27. The first-order valence-electron chi connectivity index (χ1n) is 5.15. The average molecular weight is 193 g/mol.